The van der Waals surface area contributed by atoms with E-state index in [2.05, 4.69) is 17.9 Å². The molecule has 0 spiro atoms. The molecule has 2 N–H and O–H groups in total. The standard InChI is InChI=1S/C16H21NO4S/c1-4-5-14(18)11-6-7-12(10(3)9(11)2)15(19)17-13(8-22)16(20)21/h6-7,13,22H,4-5,8H2,1-3H3,(H,17,19)(H,20,21). The Balaban J connectivity index is 3.07. The molecular weight excluding hydrogens is 302 g/mol. The second-order valence-corrected chi connectivity index (χ2v) is 5.50. The molecule has 0 saturated carbocycles. The third-order valence-electron chi connectivity index (χ3n) is 3.60. The summed E-state index contributed by atoms with van der Waals surface area (Å²) in [5.74, 6) is -1.55. The van der Waals surface area contributed by atoms with E-state index in [9.17, 15) is 14.4 Å². The summed E-state index contributed by atoms with van der Waals surface area (Å²) in [6.07, 6.45) is 1.23. The predicted molar refractivity (Wildman–Crippen MR) is 87.9 cm³/mol. The lowest BCUT2D eigenvalue weighted by Crippen LogP contribution is -2.42. The van der Waals surface area contributed by atoms with Crippen LogP contribution in [-0.4, -0.2) is 34.6 Å². The van der Waals surface area contributed by atoms with Gasteiger partial charge in [-0.25, -0.2) is 4.79 Å². The van der Waals surface area contributed by atoms with Gasteiger partial charge in [0.1, 0.15) is 6.04 Å². The Morgan fingerprint density at radius 2 is 1.73 bits per heavy atom. The molecule has 0 aliphatic rings. The number of Topliss-reactive ketones (excluding diaryl/α,β-unsaturated/α-hetero) is 1. The van der Waals surface area contributed by atoms with Gasteiger partial charge in [-0.15, -0.1) is 0 Å². The third kappa shape index (κ3) is 4.10. The molecule has 6 heteroatoms. The molecule has 1 unspecified atom stereocenters. The fraction of sp³-hybridized carbons (Fsp3) is 0.438. The first-order valence-corrected chi connectivity index (χ1v) is 7.74. The summed E-state index contributed by atoms with van der Waals surface area (Å²) >= 11 is 3.91. The van der Waals surface area contributed by atoms with Crippen molar-refractivity contribution in [3.8, 4) is 0 Å². The lowest BCUT2D eigenvalue weighted by Gasteiger charge is -2.15. The van der Waals surface area contributed by atoms with Crippen LogP contribution in [0.25, 0.3) is 0 Å². The summed E-state index contributed by atoms with van der Waals surface area (Å²) in [5.41, 5.74) is 2.42. The number of rotatable bonds is 7. The summed E-state index contributed by atoms with van der Waals surface area (Å²) in [4.78, 5) is 35.2. The van der Waals surface area contributed by atoms with Gasteiger partial charge in [0.05, 0.1) is 0 Å². The van der Waals surface area contributed by atoms with Gasteiger partial charge >= 0.3 is 5.97 Å². The van der Waals surface area contributed by atoms with Crippen molar-refractivity contribution in [1.29, 1.82) is 0 Å². The van der Waals surface area contributed by atoms with E-state index in [1.807, 2.05) is 6.92 Å². The second kappa shape index (κ2) is 7.98. The molecule has 0 aliphatic carbocycles. The number of nitrogens with one attached hydrogen (secondary N) is 1. The van der Waals surface area contributed by atoms with Crippen LogP contribution in [0.4, 0.5) is 0 Å². The van der Waals surface area contributed by atoms with Gasteiger partial charge in [0.2, 0.25) is 0 Å². The number of thiol groups is 1. The molecule has 120 valence electrons. The van der Waals surface area contributed by atoms with Gasteiger partial charge in [0.15, 0.2) is 5.78 Å². The molecule has 5 nitrogen and oxygen atoms in total. The van der Waals surface area contributed by atoms with Crippen LogP contribution in [0, 0.1) is 13.8 Å². The summed E-state index contributed by atoms with van der Waals surface area (Å²) in [7, 11) is 0. The first-order chi connectivity index (χ1) is 10.3. The zero-order valence-electron chi connectivity index (χ0n) is 13.0. The minimum absolute atomic E-state index is 0.00612. The largest absolute Gasteiger partial charge is 0.480 e. The highest BCUT2D eigenvalue weighted by atomic mass is 32.1. The number of carbonyl (C=O) groups excluding carboxylic acids is 2. The van der Waals surface area contributed by atoms with Crippen LogP contribution in [0.1, 0.15) is 51.6 Å². The van der Waals surface area contributed by atoms with Crippen molar-refractivity contribution in [3.63, 3.8) is 0 Å². The van der Waals surface area contributed by atoms with E-state index < -0.39 is 17.9 Å². The average molecular weight is 323 g/mol. The lowest BCUT2D eigenvalue weighted by molar-refractivity contribution is -0.138. The SMILES string of the molecule is CCCC(=O)c1ccc(C(=O)NC(CS)C(=O)O)c(C)c1C. The highest BCUT2D eigenvalue weighted by Crippen LogP contribution is 2.20. The Morgan fingerprint density at radius 1 is 1.18 bits per heavy atom. The predicted octanol–water partition coefficient (Wildman–Crippen LogP) is 2.40. The smallest absolute Gasteiger partial charge is 0.327 e. The fourth-order valence-electron chi connectivity index (χ4n) is 2.15. The molecule has 0 bridgehead atoms. The molecule has 0 aromatic heterocycles. The van der Waals surface area contributed by atoms with E-state index in [1.54, 1.807) is 26.0 Å². The molecule has 22 heavy (non-hydrogen) atoms. The average Bonchev–Trinajstić information content (AvgIpc) is 2.47. The van der Waals surface area contributed by atoms with Gasteiger partial charge in [0, 0.05) is 23.3 Å². The van der Waals surface area contributed by atoms with Crippen molar-refractivity contribution in [3.05, 3.63) is 34.4 Å². The van der Waals surface area contributed by atoms with Crippen LogP contribution in [-0.2, 0) is 4.79 Å². The first kappa shape index (κ1) is 18.2. The number of benzene rings is 1. The molecule has 1 rings (SSSR count). The molecule has 1 aromatic carbocycles. The zero-order valence-corrected chi connectivity index (χ0v) is 13.9. The maximum atomic E-state index is 12.2. The molecule has 0 saturated heterocycles. The topological polar surface area (TPSA) is 83.5 Å². The third-order valence-corrected chi connectivity index (χ3v) is 3.96. The van der Waals surface area contributed by atoms with E-state index in [1.165, 1.54) is 0 Å². The fourth-order valence-corrected chi connectivity index (χ4v) is 2.40. The molecule has 0 aliphatic heterocycles. The Kier molecular flexibility index (Phi) is 6.61. The van der Waals surface area contributed by atoms with Crippen LogP contribution >= 0.6 is 12.6 Å². The molecule has 0 heterocycles. The number of carboxylic acid groups (broad SMARTS) is 1. The molecule has 1 amide bonds. The number of amides is 1. The van der Waals surface area contributed by atoms with Gasteiger partial charge in [-0.05, 0) is 37.5 Å². The first-order valence-electron chi connectivity index (χ1n) is 7.11. The summed E-state index contributed by atoms with van der Waals surface area (Å²) in [5, 5.41) is 11.4. The second-order valence-electron chi connectivity index (χ2n) is 5.13. The normalized spacial score (nSPS) is 11.8. The van der Waals surface area contributed by atoms with E-state index in [0.717, 1.165) is 12.0 Å². The molecule has 1 atom stereocenters. The number of hydrogen-bond donors (Lipinski definition) is 3. The van der Waals surface area contributed by atoms with Crippen molar-refractivity contribution in [1.82, 2.24) is 5.32 Å². The van der Waals surface area contributed by atoms with Crippen molar-refractivity contribution in [2.24, 2.45) is 0 Å². The van der Waals surface area contributed by atoms with Gasteiger partial charge in [-0.1, -0.05) is 13.0 Å². The molecular formula is C16H21NO4S. The van der Waals surface area contributed by atoms with E-state index >= 15 is 0 Å². The quantitative estimate of drug-likeness (QED) is 0.531. The van der Waals surface area contributed by atoms with E-state index in [0.29, 0.717) is 23.1 Å². The number of aliphatic carboxylic acids is 1. The van der Waals surface area contributed by atoms with E-state index in [4.69, 9.17) is 5.11 Å². The van der Waals surface area contributed by atoms with E-state index in [-0.39, 0.29) is 11.5 Å². The maximum Gasteiger partial charge on any atom is 0.327 e. The van der Waals surface area contributed by atoms with Crippen molar-refractivity contribution in [2.75, 3.05) is 5.75 Å². The number of carboxylic acids is 1. The van der Waals surface area contributed by atoms with Crippen molar-refractivity contribution < 1.29 is 19.5 Å². The Morgan fingerprint density at radius 3 is 2.23 bits per heavy atom. The lowest BCUT2D eigenvalue weighted by atomic mass is 9.94. The molecule has 1 aromatic rings. The van der Waals surface area contributed by atoms with Crippen molar-refractivity contribution >= 4 is 30.3 Å². The highest BCUT2D eigenvalue weighted by Gasteiger charge is 2.21. The van der Waals surface area contributed by atoms with Gasteiger partial charge in [-0.2, -0.15) is 12.6 Å². The van der Waals surface area contributed by atoms with Crippen molar-refractivity contribution in [2.45, 2.75) is 39.7 Å². The van der Waals surface area contributed by atoms with Crippen LogP contribution in [0.5, 0.6) is 0 Å². The summed E-state index contributed by atoms with van der Waals surface area (Å²) < 4.78 is 0. The van der Waals surface area contributed by atoms with Gasteiger partial charge < -0.3 is 10.4 Å². The van der Waals surface area contributed by atoms with Crippen LogP contribution < -0.4 is 5.32 Å². The summed E-state index contributed by atoms with van der Waals surface area (Å²) in [6, 6.07) is 2.15. The molecule has 0 radical (unpaired) electrons. The minimum atomic E-state index is -1.13. The Hall–Kier alpha value is -1.82. The van der Waals surface area contributed by atoms with Gasteiger partial charge in [-0.3, -0.25) is 9.59 Å². The maximum absolute atomic E-state index is 12.2. The van der Waals surface area contributed by atoms with Crippen LogP contribution in [0.3, 0.4) is 0 Å². The monoisotopic (exact) mass is 323 g/mol. The Bertz CT molecular complexity index is 598. The summed E-state index contributed by atoms with van der Waals surface area (Å²) in [6.45, 7) is 5.48. The van der Waals surface area contributed by atoms with Crippen LogP contribution in [0.2, 0.25) is 0 Å². The zero-order chi connectivity index (χ0) is 16.9. The Labute approximate surface area is 135 Å². The number of carbonyl (C=O) groups is 3. The van der Waals surface area contributed by atoms with Gasteiger partial charge in [0.25, 0.3) is 5.91 Å². The molecule has 0 fully saturated rings. The van der Waals surface area contributed by atoms with Crippen LogP contribution in [0.15, 0.2) is 12.1 Å². The highest BCUT2D eigenvalue weighted by molar-refractivity contribution is 7.80. The number of ketones is 1. The minimum Gasteiger partial charge on any atom is -0.480 e. The number of hydrogen-bond acceptors (Lipinski definition) is 4.